The van der Waals surface area contributed by atoms with Crippen LogP contribution in [0.15, 0.2) is 84.6 Å². The van der Waals surface area contributed by atoms with Gasteiger partial charge in [0, 0.05) is 17.1 Å². The maximum atomic E-state index is 4.57. The Morgan fingerprint density at radius 1 is 0.864 bits per heavy atom. The molecule has 0 N–H and O–H groups in total. The van der Waals surface area contributed by atoms with Gasteiger partial charge < -0.3 is 0 Å². The Labute approximate surface area is 130 Å². The third-order valence-corrected chi connectivity index (χ3v) is 4.17. The number of rotatable bonds is 3. The van der Waals surface area contributed by atoms with E-state index in [0.29, 0.717) is 0 Å². The van der Waals surface area contributed by atoms with E-state index < -0.39 is 0 Å². The summed E-state index contributed by atoms with van der Waals surface area (Å²) in [5.41, 5.74) is 6.50. The van der Waals surface area contributed by atoms with Crippen LogP contribution in [0.25, 0.3) is 16.5 Å². The topological polar surface area (TPSA) is 12.9 Å². The van der Waals surface area contributed by atoms with Gasteiger partial charge in [0.05, 0.1) is 5.52 Å². The molecule has 0 fully saturated rings. The van der Waals surface area contributed by atoms with Gasteiger partial charge in [-0.15, -0.1) is 0 Å². The Balaban J connectivity index is 1.66. The van der Waals surface area contributed by atoms with Gasteiger partial charge in [0.2, 0.25) is 0 Å². The molecule has 0 unspecified atom stereocenters. The Hall–Kier alpha value is -2.67. The van der Waals surface area contributed by atoms with E-state index in [1.165, 1.54) is 27.7 Å². The molecule has 1 heteroatoms. The lowest BCUT2D eigenvalue weighted by molar-refractivity contribution is 1.20. The molecule has 1 nitrogen and oxygen atoms in total. The molecule has 22 heavy (non-hydrogen) atoms. The quantitative estimate of drug-likeness (QED) is 0.644. The molecular weight excluding hydrogens is 266 g/mol. The molecule has 0 radical (unpaired) electrons. The zero-order chi connectivity index (χ0) is 14.8. The average Bonchev–Trinajstić information content (AvgIpc) is 3.03. The zero-order valence-corrected chi connectivity index (χ0v) is 12.4. The lowest BCUT2D eigenvalue weighted by Crippen LogP contribution is -1.87. The van der Waals surface area contributed by atoms with Crippen LogP contribution in [-0.4, -0.2) is 4.98 Å². The van der Waals surface area contributed by atoms with Gasteiger partial charge in [0.15, 0.2) is 0 Å². The van der Waals surface area contributed by atoms with Crippen LogP contribution in [0.3, 0.4) is 0 Å². The van der Waals surface area contributed by atoms with Gasteiger partial charge in [-0.3, -0.25) is 4.98 Å². The van der Waals surface area contributed by atoms with Crippen molar-refractivity contribution < 1.29 is 0 Å². The summed E-state index contributed by atoms with van der Waals surface area (Å²) in [6, 6.07) is 21.2. The molecule has 1 aromatic heterocycles. The van der Waals surface area contributed by atoms with Crippen LogP contribution in [0.1, 0.15) is 17.5 Å². The number of para-hydroxylation sites is 1. The third kappa shape index (κ3) is 2.46. The Kier molecular flexibility index (Phi) is 3.32. The first-order valence-electron chi connectivity index (χ1n) is 7.68. The van der Waals surface area contributed by atoms with Gasteiger partial charge >= 0.3 is 0 Å². The molecule has 0 aliphatic heterocycles. The van der Waals surface area contributed by atoms with Crippen molar-refractivity contribution in [2.75, 3.05) is 0 Å². The van der Waals surface area contributed by atoms with Crippen LogP contribution in [0.5, 0.6) is 0 Å². The lowest BCUT2D eigenvalue weighted by atomic mass is 10.0. The molecule has 106 valence electrons. The molecule has 0 bridgehead atoms. The lowest BCUT2D eigenvalue weighted by Gasteiger charge is -2.06. The number of allylic oxidation sites excluding steroid dienone is 4. The molecule has 0 amide bonds. The fourth-order valence-electron chi connectivity index (χ4n) is 3.09. The molecule has 0 spiro atoms. The second-order valence-electron chi connectivity index (χ2n) is 5.70. The SMILES string of the molecule is C1=C(Cc2ccccc2)C=C(c2cccc3cccnc23)C1. The van der Waals surface area contributed by atoms with Crippen LogP contribution in [0.2, 0.25) is 0 Å². The van der Waals surface area contributed by atoms with Crippen LogP contribution in [0.4, 0.5) is 0 Å². The predicted octanol–water partition coefficient (Wildman–Crippen LogP) is 5.19. The fourth-order valence-corrected chi connectivity index (χ4v) is 3.09. The summed E-state index contributed by atoms with van der Waals surface area (Å²) in [4.78, 5) is 4.57. The van der Waals surface area contributed by atoms with Crippen molar-refractivity contribution >= 4 is 16.5 Å². The van der Waals surface area contributed by atoms with Crippen LogP contribution in [0, 0.1) is 0 Å². The van der Waals surface area contributed by atoms with E-state index in [9.17, 15) is 0 Å². The van der Waals surface area contributed by atoms with E-state index in [0.717, 1.165) is 18.4 Å². The van der Waals surface area contributed by atoms with E-state index in [-0.39, 0.29) is 0 Å². The van der Waals surface area contributed by atoms with E-state index in [4.69, 9.17) is 0 Å². The van der Waals surface area contributed by atoms with Crippen molar-refractivity contribution in [2.45, 2.75) is 12.8 Å². The Morgan fingerprint density at radius 3 is 2.64 bits per heavy atom. The number of fused-ring (bicyclic) bond motifs is 1. The summed E-state index contributed by atoms with van der Waals surface area (Å²) in [5, 5.41) is 1.21. The molecule has 1 heterocycles. The van der Waals surface area contributed by atoms with Crippen LogP contribution < -0.4 is 0 Å². The molecule has 2 aromatic carbocycles. The van der Waals surface area contributed by atoms with Gasteiger partial charge in [-0.2, -0.15) is 0 Å². The Bertz CT molecular complexity index is 867. The van der Waals surface area contributed by atoms with Crippen LogP contribution >= 0.6 is 0 Å². The Morgan fingerprint density at radius 2 is 1.73 bits per heavy atom. The van der Waals surface area contributed by atoms with Gasteiger partial charge in [-0.05, 0) is 35.6 Å². The highest BCUT2D eigenvalue weighted by Gasteiger charge is 2.12. The van der Waals surface area contributed by atoms with Crippen molar-refractivity contribution in [1.29, 1.82) is 0 Å². The summed E-state index contributed by atoms with van der Waals surface area (Å²) >= 11 is 0. The van der Waals surface area contributed by atoms with Gasteiger partial charge in [0.1, 0.15) is 0 Å². The average molecular weight is 283 g/mol. The summed E-state index contributed by atoms with van der Waals surface area (Å²) in [6.07, 6.45) is 8.54. The minimum Gasteiger partial charge on any atom is -0.256 e. The van der Waals surface area contributed by atoms with Crippen molar-refractivity contribution in [3.63, 3.8) is 0 Å². The maximum absolute atomic E-state index is 4.57. The maximum Gasteiger partial charge on any atom is 0.0777 e. The number of pyridine rings is 1. The molecule has 0 saturated carbocycles. The number of benzene rings is 2. The smallest absolute Gasteiger partial charge is 0.0777 e. The minimum absolute atomic E-state index is 0.998. The van der Waals surface area contributed by atoms with E-state index >= 15 is 0 Å². The van der Waals surface area contributed by atoms with Crippen LogP contribution in [-0.2, 0) is 6.42 Å². The predicted molar refractivity (Wildman–Crippen MR) is 92.6 cm³/mol. The third-order valence-electron chi connectivity index (χ3n) is 4.17. The fraction of sp³-hybridized carbons (Fsp3) is 0.0952. The molecule has 3 aromatic rings. The highest BCUT2D eigenvalue weighted by molar-refractivity contribution is 5.92. The van der Waals surface area contributed by atoms with E-state index in [1.54, 1.807) is 0 Å². The number of aromatic nitrogens is 1. The van der Waals surface area contributed by atoms with Gasteiger partial charge in [0.25, 0.3) is 0 Å². The molecule has 4 rings (SSSR count). The summed E-state index contributed by atoms with van der Waals surface area (Å²) in [7, 11) is 0. The number of nitrogens with zero attached hydrogens (tertiary/aromatic N) is 1. The standard InChI is InChI=1S/C21H17N/c1-2-6-16(7-3-1)14-17-11-12-19(15-17)20-10-4-8-18-9-5-13-22-21(18)20/h1-11,13,15H,12,14H2. The molecule has 0 atom stereocenters. The molecular formula is C21H17N. The first-order chi connectivity index (χ1) is 10.9. The summed E-state index contributed by atoms with van der Waals surface area (Å²) in [6.45, 7) is 0. The second kappa shape index (κ2) is 5.61. The van der Waals surface area contributed by atoms with Gasteiger partial charge in [-0.25, -0.2) is 0 Å². The first-order valence-corrected chi connectivity index (χ1v) is 7.68. The number of hydrogen-bond donors (Lipinski definition) is 0. The van der Waals surface area contributed by atoms with Crippen molar-refractivity contribution in [2.24, 2.45) is 0 Å². The molecule has 0 saturated heterocycles. The molecule has 1 aliphatic carbocycles. The van der Waals surface area contributed by atoms with Crippen molar-refractivity contribution in [3.05, 3.63) is 95.7 Å². The van der Waals surface area contributed by atoms with Crippen molar-refractivity contribution in [1.82, 2.24) is 4.98 Å². The minimum atomic E-state index is 0.998. The van der Waals surface area contributed by atoms with Crippen molar-refractivity contribution in [3.8, 4) is 0 Å². The second-order valence-corrected chi connectivity index (χ2v) is 5.70. The zero-order valence-electron chi connectivity index (χ0n) is 12.4. The molecule has 1 aliphatic rings. The highest BCUT2D eigenvalue weighted by atomic mass is 14.6. The van der Waals surface area contributed by atoms with E-state index in [1.807, 2.05) is 12.3 Å². The summed E-state index contributed by atoms with van der Waals surface area (Å²) in [5.74, 6) is 0. The normalized spacial score (nSPS) is 14.0. The monoisotopic (exact) mass is 283 g/mol. The summed E-state index contributed by atoms with van der Waals surface area (Å²) < 4.78 is 0. The first kappa shape index (κ1) is 13.0. The van der Waals surface area contributed by atoms with Gasteiger partial charge in [-0.1, -0.05) is 66.7 Å². The van der Waals surface area contributed by atoms with E-state index in [2.05, 4.69) is 71.7 Å². The highest BCUT2D eigenvalue weighted by Crippen LogP contribution is 2.32. The largest absolute Gasteiger partial charge is 0.256 e. The number of hydrogen-bond acceptors (Lipinski definition) is 1.